The highest BCUT2D eigenvalue weighted by atomic mass is 16.5. The van der Waals surface area contributed by atoms with E-state index in [2.05, 4.69) is 10.3 Å². The summed E-state index contributed by atoms with van der Waals surface area (Å²) in [6.07, 6.45) is 3.07. The number of aromatic nitrogens is 3. The van der Waals surface area contributed by atoms with Gasteiger partial charge in [-0.3, -0.25) is 0 Å². The van der Waals surface area contributed by atoms with Crippen molar-refractivity contribution in [3.8, 4) is 11.4 Å². The molecule has 0 atom stereocenters. The Hall–Kier alpha value is -2.37. The monoisotopic (exact) mass is 287 g/mol. The van der Waals surface area contributed by atoms with Crippen LogP contribution in [0.4, 0.5) is 0 Å². The number of para-hydroxylation sites is 2. The Balaban J connectivity index is 2.12. The molecule has 3 rings (SSSR count). The van der Waals surface area contributed by atoms with Crippen molar-refractivity contribution in [2.45, 2.75) is 32.1 Å². The van der Waals surface area contributed by atoms with Gasteiger partial charge in [0.25, 0.3) is 0 Å². The molecule has 1 aromatic heterocycles. The molecule has 110 valence electrons. The summed E-state index contributed by atoms with van der Waals surface area (Å²) < 4.78 is 7.23. The van der Waals surface area contributed by atoms with Crippen LogP contribution in [0.1, 0.15) is 48.3 Å². The second kappa shape index (κ2) is 5.55. The molecule has 1 aliphatic rings. The molecule has 0 amide bonds. The maximum absolute atomic E-state index is 11.4. The summed E-state index contributed by atoms with van der Waals surface area (Å²) in [6.45, 7) is 2.45. The van der Waals surface area contributed by atoms with Crippen LogP contribution in [0.15, 0.2) is 24.3 Å². The predicted molar refractivity (Wildman–Crippen MR) is 76.1 cm³/mol. The molecule has 1 heterocycles. The van der Waals surface area contributed by atoms with Gasteiger partial charge in [0.1, 0.15) is 11.4 Å². The highest BCUT2D eigenvalue weighted by molar-refractivity contribution is 5.87. The summed E-state index contributed by atoms with van der Waals surface area (Å²) in [7, 11) is 0. The fourth-order valence-corrected chi connectivity index (χ4v) is 2.58. The quantitative estimate of drug-likeness (QED) is 0.914. The summed E-state index contributed by atoms with van der Waals surface area (Å²) in [6, 6.07) is 7.48. The van der Waals surface area contributed by atoms with E-state index >= 15 is 0 Å². The minimum absolute atomic E-state index is 0.0472. The number of hydrogen-bond acceptors (Lipinski definition) is 4. The number of carboxylic acids is 1. The molecule has 0 aliphatic heterocycles. The van der Waals surface area contributed by atoms with Gasteiger partial charge in [0.15, 0.2) is 5.69 Å². The molecule has 0 unspecified atom stereocenters. The van der Waals surface area contributed by atoms with Gasteiger partial charge in [0.2, 0.25) is 0 Å². The van der Waals surface area contributed by atoms with E-state index < -0.39 is 5.97 Å². The van der Waals surface area contributed by atoms with E-state index in [1.165, 1.54) is 0 Å². The van der Waals surface area contributed by atoms with E-state index in [4.69, 9.17) is 4.74 Å². The second-order valence-electron chi connectivity index (χ2n) is 5.07. The number of benzene rings is 1. The summed E-state index contributed by atoms with van der Waals surface area (Å²) in [5, 5.41) is 17.2. The predicted octanol–water partition coefficient (Wildman–Crippen LogP) is 2.63. The first kappa shape index (κ1) is 13.6. The van der Waals surface area contributed by atoms with E-state index in [0.29, 0.717) is 18.1 Å². The molecule has 0 saturated heterocycles. The zero-order valence-electron chi connectivity index (χ0n) is 11.8. The van der Waals surface area contributed by atoms with Crippen molar-refractivity contribution in [3.05, 3.63) is 35.7 Å². The van der Waals surface area contributed by atoms with Crippen molar-refractivity contribution in [2.75, 3.05) is 6.61 Å². The molecule has 0 bridgehead atoms. The fourth-order valence-electron chi connectivity index (χ4n) is 2.58. The molecule has 1 N–H and O–H groups in total. The molecule has 1 saturated carbocycles. The van der Waals surface area contributed by atoms with Crippen LogP contribution in [0.25, 0.3) is 5.69 Å². The largest absolute Gasteiger partial charge is 0.492 e. The maximum atomic E-state index is 11.4. The van der Waals surface area contributed by atoms with Crippen LogP contribution < -0.4 is 4.74 Å². The maximum Gasteiger partial charge on any atom is 0.358 e. The number of ether oxygens (including phenoxy) is 1. The van der Waals surface area contributed by atoms with E-state index in [0.717, 1.165) is 24.9 Å². The fraction of sp³-hybridized carbons (Fsp3) is 0.400. The number of carbonyl (C=O) groups is 1. The van der Waals surface area contributed by atoms with Crippen molar-refractivity contribution >= 4 is 5.97 Å². The lowest BCUT2D eigenvalue weighted by molar-refractivity contribution is 0.0687. The summed E-state index contributed by atoms with van der Waals surface area (Å²) >= 11 is 0. The van der Waals surface area contributed by atoms with Gasteiger partial charge in [-0.15, -0.1) is 5.10 Å². The van der Waals surface area contributed by atoms with Gasteiger partial charge in [-0.05, 0) is 31.9 Å². The average Bonchev–Trinajstić information content (AvgIpc) is 2.82. The van der Waals surface area contributed by atoms with Crippen molar-refractivity contribution in [2.24, 2.45) is 0 Å². The second-order valence-corrected chi connectivity index (χ2v) is 5.07. The van der Waals surface area contributed by atoms with Crippen molar-refractivity contribution in [1.82, 2.24) is 15.0 Å². The Morgan fingerprint density at radius 2 is 2.19 bits per heavy atom. The summed E-state index contributed by atoms with van der Waals surface area (Å²) in [4.78, 5) is 11.4. The standard InChI is InChI=1S/C15H17N3O3/c1-2-21-12-9-4-3-8-11(12)18-14(10-6-5-7-10)13(15(19)20)16-17-18/h3-4,8-10H,2,5-7H2,1H3,(H,19,20). The van der Waals surface area contributed by atoms with Crippen LogP contribution in [0, 0.1) is 0 Å². The molecule has 1 aliphatic carbocycles. The normalized spacial score (nSPS) is 14.7. The van der Waals surface area contributed by atoms with Crippen molar-refractivity contribution in [3.63, 3.8) is 0 Å². The lowest BCUT2D eigenvalue weighted by Gasteiger charge is -2.26. The Morgan fingerprint density at radius 1 is 1.43 bits per heavy atom. The van der Waals surface area contributed by atoms with Gasteiger partial charge < -0.3 is 9.84 Å². The van der Waals surface area contributed by atoms with Gasteiger partial charge in [-0.2, -0.15) is 0 Å². The minimum Gasteiger partial charge on any atom is -0.492 e. The van der Waals surface area contributed by atoms with Gasteiger partial charge in [-0.25, -0.2) is 9.48 Å². The lowest BCUT2D eigenvalue weighted by atomic mass is 9.82. The van der Waals surface area contributed by atoms with Crippen LogP contribution in [0.5, 0.6) is 5.75 Å². The third-order valence-corrected chi connectivity index (χ3v) is 3.79. The van der Waals surface area contributed by atoms with E-state index in [9.17, 15) is 9.90 Å². The third-order valence-electron chi connectivity index (χ3n) is 3.79. The molecule has 21 heavy (non-hydrogen) atoms. The van der Waals surface area contributed by atoms with Gasteiger partial charge in [-0.1, -0.05) is 23.8 Å². The van der Waals surface area contributed by atoms with Gasteiger partial charge >= 0.3 is 5.97 Å². The SMILES string of the molecule is CCOc1ccccc1-n1nnc(C(=O)O)c1C1CCC1. The Bertz CT molecular complexity index is 662. The van der Waals surface area contributed by atoms with E-state index in [1.807, 2.05) is 31.2 Å². The number of hydrogen-bond donors (Lipinski definition) is 1. The highest BCUT2D eigenvalue weighted by Crippen LogP contribution is 2.39. The molecule has 0 spiro atoms. The molecule has 1 fully saturated rings. The highest BCUT2D eigenvalue weighted by Gasteiger charge is 2.31. The zero-order chi connectivity index (χ0) is 14.8. The first-order valence-corrected chi connectivity index (χ1v) is 7.13. The van der Waals surface area contributed by atoms with E-state index in [1.54, 1.807) is 4.68 Å². The molecule has 6 nitrogen and oxygen atoms in total. The van der Waals surface area contributed by atoms with Crippen LogP contribution in [-0.4, -0.2) is 32.7 Å². The summed E-state index contributed by atoms with van der Waals surface area (Å²) in [5.41, 5.74) is 1.47. The molecule has 0 radical (unpaired) electrons. The lowest BCUT2D eigenvalue weighted by Crippen LogP contribution is -2.18. The molecule has 2 aromatic rings. The third kappa shape index (κ3) is 2.37. The molecule has 1 aromatic carbocycles. The zero-order valence-corrected chi connectivity index (χ0v) is 11.8. The minimum atomic E-state index is -1.03. The van der Waals surface area contributed by atoms with E-state index in [-0.39, 0.29) is 11.6 Å². The molecular weight excluding hydrogens is 270 g/mol. The first-order chi connectivity index (χ1) is 10.2. The van der Waals surface area contributed by atoms with Crippen molar-refractivity contribution in [1.29, 1.82) is 0 Å². The average molecular weight is 287 g/mol. The number of rotatable bonds is 5. The number of aromatic carboxylic acids is 1. The first-order valence-electron chi connectivity index (χ1n) is 7.13. The van der Waals surface area contributed by atoms with Crippen molar-refractivity contribution < 1.29 is 14.6 Å². The Kier molecular flexibility index (Phi) is 3.60. The Morgan fingerprint density at radius 3 is 2.81 bits per heavy atom. The summed E-state index contributed by atoms with van der Waals surface area (Å²) in [5.74, 6) is -0.139. The Labute approximate surface area is 122 Å². The topological polar surface area (TPSA) is 77.2 Å². The number of nitrogens with zero attached hydrogens (tertiary/aromatic N) is 3. The van der Waals surface area contributed by atoms with Crippen LogP contribution in [-0.2, 0) is 0 Å². The van der Waals surface area contributed by atoms with Crippen LogP contribution in [0.2, 0.25) is 0 Å². The van der Waals surface area contributed by atoms with Gasteiger partial charge in [0, 0.05) is 5.92 Å². The number of carboxylic acid groups (broad SMARTS) is 1. The molecule has 6 heteroatoms. The van der Waals surface area contributed by atoms with Gasteiger partial charge in [0.05, 0.1) is 12.3 Å². The molecular formula is C15H17N3O3. The van der Waals surface area contributed by atoms with Crippen LogP contribution >= 0.6 is 0 Å². The smallest absolute Gasteiger partial charge is 0.358 e. The van der Waals surface area contributed by atoms with Crippen LogP contribution in [0.3, 0.4) is 0 Å².